The minimum Gasteiger partial charge on any atom is -0.396 e. The van der Waals surface area contributed by atoms with E-state index in [1.807, 2.05) is 4.98 Å². The summed E-state index contributed by atoms with van der Waals surface area (Å²) in [7, 11) is 0. The highest BCUT2D eigenvalue weighted by Gasteiger charge is 2.32. The third kappa shape index (κ3) is 4.47. The molecule has 1 aliphatic rings. The third-order valence-corrected chi connectivity index (χ3v) is 3.94. The van der Waals surface area contributed by atoms with Gasteiger partial charge in [0.05, 0.1) is 5.56 Å². The minimum atomic E-state index is -4.62. The highest BCUT2D eigenvalue weighted by molar-refractivity contribution is 5.89. The van der Waals surface area contributed by atoms with Crippen molar-refractivity contribution >= 4 is 11.7 Å². The summed E-state index contributed by atoms with van der Waals surface area (Å²) in [6, 6.07) is -0.443. The lowest BCUT2D eigenvalue weighted by atomic mass is 9.85. The van der Waals surface area contributed by atoms with Crippen LogP contribution in [0.5, 0.6) is 0 Å². The fourth-order valence-electron chi connectivity index (χ4n) is 2.68. The Bertz CT molecular complexity index is 615. The van der Waals surface area contributed by atoms with Crippen molar-refractivity contribution in [3.05, 3.63) is 28.2 Å². The van der Waals surface area contributed by atoms with Gasteiger partial charge in [-0.25, -0.2) is 4.79 Å². The van der Waals surface area contributed by atoms with Gasteiger partial charge in [0, 0.05) is 24.8 Å². The van der Waals surface area contributed by atoms with Gasteiger partial charge in [0.2, 0.25) is 0 Å². The van der Waals surface area contributed by atoms with Gasteiger partial charge in [-0.05, 0) is 18.9 Å². The minimum absolute atomic E-state index is 0.0743. The van der Waals surface area contributed by atoms with E-state index in [0.717, 1.165) is 19.3 Å². The molecule has 1 fully saturated rings. The number of H-pyrrole nitrogens is 1. The Labute approximate surface area is 130 Å². The molecule has 0 spiro atoms. The normalized spacial score (nSPS) is 21.7. The van der Waals surface area contributed by atoms with Crippen molar-refractivity contribution in [1.82, 2.24) is 10.3 Å². The Morgan fingerprint density at radius 2 is 2.04 bits per heavy atom. The topological polar surface area (TPSA) is 94.2 Å². The predicted octanol–water partition coefficient (Wildman–Crippen LogP) is 2.07. The molecule has 1 aliphatic carbocycles. The fourth-order valence-corrected chi connectivity index (χ4v) is 2.68. The molecule has 2 amide bonds. The van der Waals surface area contributed by atoms with Gasteiger partial charge in [0.25, 0.3) is 5.56 Å². The fraction of sp³-hybridized carbons (Fsp3) is 0.571. The van der Waals surface area contributed by atoms with Crippen LogP contribution in [0.4, 0.5) is 23.7 Å². The molecule has 2 rings (SSSR count). The maximum atomic E-state index is 12.6. The van der Waals surface area contributed by atoms with E-state index in [2.05, 4.69) is 10.6 Å². The molecule has 2 atom stereocenters. The number of aromatic nitrogens is 1. The maximum Gasteiger partial charge on any atom is 0.417 e. The SMILES string of the molecule is O=C(Nc1cc(C(F)(F)F)c[nH]c1=O)NC1CCCCC1CO. The summed E-state index contributed by atoms with van der Waals surface area (Å²) in [6.45, 7) is -0.0743. The van der Waals surface area contributed by atoms with E-state index < -0.39 is 29.0 Å². The van der Waals surface area contributed by atoms with Crippen LogP contribution in [-0.2, 0) is 6.18 Å². The number of rotatable bonds is 3. The Kier molecular flexibility index (Phi) is 5.30. The van der Waals surface area contributed by atoms with Crippen LogP contribution in [0, 0.1) is 5.92 Å². The Morgan fingerprint density at radius 1 is 1.35 bits per heavy atom. The third-order valence-electron chi connectivity index (χ3n) is 3.94. The van der Waals surface area contributed by atoms with Gasteiger partial charge in [0.1, 0.15) is 5.69 Å². The van der Waals surface area contributed by atoms with Gasteiger partial charge in [-0.3, -0.25) is 4.79 Å². The molecule has 1 aromatic rings. The zero-order valence-corrected chi connectivity index (χ0v) is 12.2. The largest absolute Gasteiger partial charge is 0.417 e. The van der Waals surface area contributed by atoms with E-state index in [-0.39, 0.29) is 18.6 Å². The first-order valence-corrected chi connectivity index (χ1v) is 7.29. The molecule has 2 unspecified atom stereocenters. The van der Waals surface area contributed by atoms with Crippen molar-refractivity contribution in [2.24, 2.45) is 5.92 Å². The summed E-state index contributed by atoms with van der Waals surface area (Å²) in [5, 5.41) is 14.0. The number of amides is 2. The summed E-state index contributed by atoms with van der Waals surface area (Å²) < 4.78 is 37.9. The first-order chi connectivity index (χ1) is 10.8. The second-order valence-corrected chi connectivity index (χ2v) is 5.56. The second-order valence-electron chi connectivity index (χ2n) is 5.56. The van der Waals surface area contributed by atoms with Crippen molar-refractivity contribution in [3.63, 3.8) is 0 Å². The number of pyridine rings is 1. The van der Waals surface area contributed by atoms with Crippen molar-refractivity contribution in [1.29, 1.82) is 0 Å². The molecule has 4 N–H and O–H groups in total. The van der Waals surface area contributed by atoms with Crippen LogP contribution in [0.1, 0.15) is 31.2 Å². The molecular weight excluding hydrogens is 315 g/mol. The van der Waals surface area contributed by atoms with Crippen LogP contribution in [0.2, 0.25) is 0 Å². The molecule has 6 nitrogen and oxygen atoms in total. The van der Waals surface area contributed by atoms with E-state index >= 15 is 0 Å². The van der Waals surface area contributed by atoms with Gasteiger partial charge in [0.15, 0.2) is 0 Å². The summed E-state index contributed by atoms with van der Waals surface area (Å²) in [5.74, 6) is -0.0886. The molecule has 9 heteroatoms. The molecule has 0 bridgehead atoms. The van der Waals surface area contributed by atoms with Crippen molar-refractivity contribution in [3.8, 4) is 0 Å². The number of nitrogens with one attached hydrogen (secondary N) is 3. The Hall–Kier alpha value is -2.03. The smallest absolute Gasteiger partial charge is 0.396 e. The lowest BCUT2D eigenvalue weighted by Crippen LogP contribution is -2.45. The van der Waals surface area contributed by atoms with Crippen molar-refractivity contribution in [2.75, 3.05) is 11.9 Å². The van der Waals surface area contributed by atoms with Crippen molar-refractivity contribution < 1.29 is 23.1 Å². The number of halogens is 3. The average molecular weight is 333 g/mol. The van der Waals surface area contributed by atoms with E-state index in [1.54, 1.807) is 0 Å². The van der Waals surface area contributed by atoms with Crippen LogP contribution in [-0.4, -0.2) is 28.8 Å². The number of urea groups is 1. The Morgan fingerprint density at radius 3 is 2.70 bits per heavy atom. The van der Waals surface area contributed by atoms with Crippen LogP contribution >= 0.6 is 0 Å². The quantitative estimate of drug-likeness (QED) is 0.682. The standard InChI is InChI=1S/C14H18F3N3O3/c15-14(16,17)9-5-11(12(22)18-6-9)20-13(23)19-10-4-2-1-3-8(10)7-21/h5-6,8,10,21H,1-4,7H2,(H,18,22)(H2,19,20,23). The zero-order valence-electron chi connectivity index (χ0n) is 12.2. The molecular formula is C14H18F3N3O3. The lowest BCUT2D eigenvalue weighted by molar-refractivity contribution is -0.137. The maximum absolute atomic E-state index is 12.6. The molecule has 1 heterocycles. The summed E-state index contributed by atoms with van der Waals surface area (Å²) >= 11 is 0. The van der Waals surface area contributed by atoms with Gasteiger partial charge < -0.3 is 20.7 Å². The van der Waals surface area contributed by atoms with Crippen LogP contribution in [0.15, 0.2) is 17.1 Å². The van der Waals surface area contributed by atoms with Crippen LogP contribution < -0.4 is 16.2 Å². The molecule has 23 heavy (non-hydrogen) atoms. The molecule has 0 radical (unpaired) electrons. The number of alkyl halides is 3. The average Bonchev–Trinajstić information content (AvgIpc) is 2.49. The molecule has 0 aromatic carbocycles. The predicted molar refractivity (Wildman–Crippen MR) is 77.1 cm³/mol. The molecule has 128 valence electrons. The monoisotopic (exact) mass is 333 g/mol. The van der Waals surface area contributed by atoms with Crippen LogP contribution in [0.3, 0.4) is 0 Å². The molecule has 1 aromatic heterocycles. The number of aliphatic hydroxyl groups excluding tert-OH is 1. The first-order valence-electron chi connectivity index (χ1n) is 7.29. The molecule has 1 saturated carbocycles. The highest BCUT2D eigenvalue weighted by atomic mass is 19.4. The number of carbonyl (C=O) groups is 1. The van der Waals surface area contributed by atoms with Gasteiger partial charge in [-0.2, -0.15) is 13.2 Å². The summed E-state index contributed by atoms with van der Waals surface area (Å²) in [5.41, 5.74) is -2.36. The van der Waals surface area contributed by atoms with E-state index in [9.17, 15) is 27.9 Å². The molecule has 0 aliphatic heterocycles. The number of aromatic amines is 1. The second kappa shape index (κ2) is 7.03. The number of carbonyl (C=O) groups excluding carboxylic acids is 1. The van der Waals surface area contributed by atoms with Gasteiger partial charge in [-0.1, -0.05) is 12.8 Å². The van der Waals surface area contributed by atoms with E-state index in [0.29, 0.717) is 18.7 Å². The first kappa shape index (κ1) is 17.3. The van der Waals surface area contributed by atoms with Crippen molar-refractivity contribution in [2.45, 2.75) is 37.9 Å². The van der Waals surface area contributed by atoms with Gasteiger partial charge in [-0.15, -0.1) is 0 Å². The van der Waals surface area contributed by atoms with Gasteiger partial charge >= 0.3 is 12.2 Å². The highest BCUT2D eigenvalue weighted by Crippen LogP contribution is 2.29. The number of hydrogen-bond acceptors (Lipinski definition) is 3. The zero-order chi connectivity index (χ0) is 17.0. The van der Waals surface area contributed by atoms with E-state index in [1.165, 1.54) is 0 Å². The van der Waals surface area contributed by atoms with Crippen LogP contribution in [0.25, 0.3) is 0 Å². The Balaban J connectivity index is 2.06. The number of anilines is 1. The number of hydrogen-bond donors (Lipinski definition) is 4. The summed E-state index contributed by atoms with van der Waals surface area (Å²) in [4.78, 5) is 25.4. The van der Waals surface area contributed by atoms with E-state index in [4.69, 9.17) is 0 Å². The lowest BCUT2D eigenvalue weighted by Gasteiger charge is -2.30. The molecule has 0 saturated heterocycles. The summed E-state index contributed by atoms with van der Waals surface area (Å²) in [6.07, 6.45) is -0.774. The number of aliphatic hydroxyl groups is 1.